The number of benzene rings is 3. The predicted molar refractivity (Wildman–Crippen MR) is 118 cm³/mol. The average molecular weight is 399 g/mol. The topological polar surface area (TPSA) is 56.6 Å². The van der Waals surface area contributed by atoms with E-state index in [0.29, 0.717) is 24.3 Å². The van der Waals surface area contributed by atoms with E-state index in [1.54, 1.807) is 0 Å². The van der Waals surface area contributed by atoms with Crippen molar-refractivity contribution in [1.29, 1.82) is 5.26 Å². The van der Waals surface area contributed by atoms with Crippen LogP contribution < -0.4 is 9.75 Å². The number of anilines is 1. The molecule has 3 aromatic rings. The van der Waals surface area contributed by atoms with Gasteiger partial charge < -0.3 is 4.74 Å². The minimum atomic E-state index is -0.544. The molecule has 1 aliphatic heterocycles. The Morgan fingerprint density at radius 1 is 1.00 bits per heavy atom. The summed E-state index contributed by atoms with van der Waals surface area (Å²) in [6.45, 7) is 3.38. The maximum absolute atomic E-state index is 13.5. The van der Waals surface area contributed by atoms with E-state index in [0.717, 1.165) is 35.8 Å². The number of carbonyl (C=O) groups excluding carboxylic acids is 1. The van der Waals surface area contributed by atoms with E-state index >= 15 is 0 Å². The fraction of sp³-hybridized carbons (Fsp3) is 0.280. The van der Waals surface area contributed by atoms with Crippen LogP contribution in [-0.2, 0) is 4.79 Å². The highest BCUT2D eigenvalue weighted by molar-refractivity contribution is 5.98. The van der Waals surface area contributed by atoms with Gasteiger partial charge in [0.15, 0.2) is 6.10 Å². The van der Waals surface area contributed by atoms with Gasteiger partial charge in [0.05, 0.1) is 17.3 Å². The smallest absolute Gasteiger partial charge is 0.282 e. The molecule has 4 rings (SSSR count). The van der Waals surface area contributed by atoms with Crippen LogP contribution in [0.4, 0.5) is 5.69 Å². The van der Waals surface area contributed by atoms with Crippen molar-refractivity contribution in [2.75, 3.05) is 18.1 Å². The molecular weight excluding hydrogens is 374 g/mol. The van der Waals surface area contributed by atoms with Gasteiger partial charge in [-0.05, 0) is 43.5 Å². The highest BCUT2D eigenvalue weighted by Gasteiger charge is 2.32. The lowest BCUT2D eigenvalue weighted by atomic mass is 10.0. The number of amides is 1. The number of para-hydroxylation sites is 1. The van der Waals surface area contributed by atoms with E-state index in [4.69, 9.17) is 4.74 Å². The second kappa shape index (κ2) is 8.87. The number of nitriles is 1. The maximum Gasteiger partial charge on any atom is 0.282 e. The molecule has 1 atom stereocenters. The minimum Gasteiger partial charge on any atom is -0.481 e. The maximum atomic E-state index is 13.5. The van der Waals surface area contributed by atoms with E-state index in [1.807, 2.05) is 78.7 Å². The normalized spacial score (nSPS) is 14.9. The van der Waals surface area contributed by atoms with Gasteiger partial charge in [-0.25, -0.2) is 0 Å². The molecular formula is C25H25N3O2. The van der Waals surface area contributed by atoms with Crippen LogP contribution in [0.2, 0.25) is 0 Å². The first-order chi connectivity index (χ1) is 14.7. The van der Waals surface area contributed by atoms with E-state index in [9.17, 15) is 10.1 Å². The molecule has 3 aromatic carbocycles. The van der Waals surface area contributed by atoms with Gasteiger partial charge in [0.1, 0.15) is 5.75 Å². The Bertz CT molecular complexity index is 1070. The SMILES string of the molecule is CCC(Oc1ccccc1)C(=O)N1CCCCN1c1ccc(C#N)c2ccccc12. The molecule has 5 heteroatoms. The molecule has 1 unspecified atom stereocenters. The molecule has 1 amide bonds. The number of fused-ring (bicyclic) bond motifs is 1. The Morgan fingerprint density at radius 2 is 1.70 bits per heavy atom. The van der Waals surface area contributed by atoms with Crippen LogP contribution in [0, 0.1) is 11.3 Å². The van der Waals surface area contributed by atoms with Gasteiger partial charge in [-0.3, -0.25) is 14.8 Å². The van der Waals surface area contributed by atoms with Gasteiger partial charge in [0.2, 0.25) is 0 Å². The summed E-state index contributed by atoms with van der Waals surface area (Å²) in [7, 11) is 0. The Hall–Kier alpha value is -3.52. The molecule has 30 heavy (non-hydrogen) atoms. The number of nitrogens with zero attached hydrogens (tertiary/aromatic N) is 3. The van der Waals surface area contributed by atoms with E-state index in [1.165, 1.54) is 0 Å². The lowest BCUT2D eigenvalue weighted by molar-refractivity contribution is -0.140. The van der Waals surface area contributed by atoms with Crippen LogP contribution in [0.15, 0.2) is 66.7 Å². The third-order valence-corrected chi connectivity index (χ3v) is 5.50. The highest BCUT2D eigenvalue weighted by Crippen LogP contribution is 2.32. The van der Waals surface area contributed by atoms with Crippen LogP contribution in [-0.4, -0.2) is 30.1 Å². The first kappa shape index (κ1) is 19.8. The summed E-state index contributed by atoms with van der Waals surface area (Å²) in [6.07, 6.45) is 2.01. The largest absolute Gasteiger partial charge is 0.481 e. The molecule has 0 N–H and O–H groups in total. The highest BCUT2D eigenvalue weighted by atomic mass is 16.5. The Kier molecular flexibility index (Phi) is 5.85. The molecule has 152 valence electrons. The minimum absolute atomic E-state index is 0.0329. The summed E-state index contributed by atoms with van der Waals surface area (Å²) in [6, 6.07) is 23.4. The van der Waals surface area contributed by atoms with Crippen molar-refractivity contribution in [3.05, 3.63) is 72.3 Å². The standard InChI is InChI=1S/C25H25N3O2/c1-2-24(30-20-10-4-3-5-11-20)25(29)28-17-9-8-16-27(28)23-15-14-19(18-26)21-12-6-7-13-22(21)23/h3-7,10-15,24H,2,8-9,16-17H2,1H3. The van der Waals surface area contributed by atoms with Gasteiger partial charge in [0, 0.05) is 23.9 Å². The van der Waals surface area contributed by atoms with Gasteiger partial charge in [-0.15, -0.1) is 0 Å². The van der Waals surface area contributed by atoms with Crippen LogP contribution in [0.5, 0.6) is 5.75 Å². The first-order valence-corrected chi connectivity index (χ1v) is 10.4. The molecule has 0 bridgehead atoms. The van der Waals surface area contributed by atoms with Crippen LogP contribution in [0.25, 0.3) is 10.8 Å². The lowest BCUT2D eigenvalue weighted by Crippen LogP contribution is -2.55. The average Bonchev–Trinajstić information content (AvgIpc) is 2.82. The molecule has 1 fully saturated rings. The molecule has 0 spiro atoms. The Morgan fingerprint density at radius 3 is 2.43 bits per heavy atom. The molecule has 1 heterocycles. The molecule has 0 saturated carbocycles. The molecule has 0 aromatic heterocycles. The van der Waals surface area contributed by atoms with Crippen LogP contribution in [0.1, 0.15) is 31.7 Å². The first-order valence-electron chi connectivity index (χ1n) is 10.4. The summed E-state index contributed by atoms with van der Waals surface area (Å²) < 4.78 is 6.03. The molecule has 1 aliphatic rings. The summed E-state index contributed by atoms with van der Waals surface area (Å²) >= 11 is 0. The van der Waals surface area contributed by atoms with Crippen molar-refractivity contribution >= 4 is 22.4 Å². The number of hydrazine groups is 1. The monoisotopic (exact) mass is 399 g/mol. The van der Waals surface area contributed by atoms with Crippen molar-refractivity contribution in [2.45, 2.75) is 32.3 Å². The number of ether oxygens (including phenoxy) is 1. The quantitative estimate of drug-likeness (QED) is 0.611. The summed E-state index contributed by atoms with van der Waals surface area (Å²) in [5.41, 5.74) is 1.59. The second-order valence-electron chi connectivity index (χ2n) is 7.41. The summed E-state index contributed by atoms with van der Waals surface area (Å²) in [5.74, 6) is 0.666. The zero-order chi connectivity index (χ0) is 20.9. The molecule has 0 radical (unpaired) electrons. The third kappa shape index (κ3) is 3.81. The fourth-order valence-corrected chi connectivity index (χ4v) is 3.99. The number of hydrogen-bond acceptors (Lipinski definition) is 4. The van der Waals surface area contributed by atoms with Crippen molar-refractivity contribution in [3.8, 4) is 11.8 Å². The molecule has 5 nitrogen and oxygen atoms in total. The number of rotatable bonds is 5. The van der Waals surface area contributed by atoms with Gasteiger partial charge in [-0.1, -0.05) is 49.4 Å². The lowest BCUT2D eigenvalue weighted by Gasteiger charge is -2.42. The summed E-state index contributed by atoms with van der Waals surface area (Å²) in [4.78, 5) is 13.5. The van der Waals surface area contributed by atoms with Crippen molar-refractivity contribution in [3.63, 3.8) is 0 Å². The van der Waals surface area contributed by atoms with Crippen molar-refractivity contribution in [1.82, 2.24) is 5.01 Å². The third-order valence-electron chi connectivity index (χ3n) is 5.50. The molecule has 1 saturated heterocycles. The molecule has 0 aliphatic carbocycles. The zero-order valence-corrected chi connectivity index (χ0v) is 17.1. The van der Waals surface area contributed by atoms with Crippen molar-refractivity contribution in [2.24, 2.45) is 0 Å². The Labute approximate surface area is 177 Å². The summed E-state index contributed by atoms with van der Waals surface area (Å²) in [5, 5.41) is 15.3. The van der Waals surface area contributed by atoms with Crippen molar-refractivity contribution < 1.29 is 9.53 Å². The Balaban J connectivity index is 1.67. The second-order valence-corrected chi connectivity index (χ2v) is 7.41. The van der Waals surface area contributed by atoms with E-state index < -0.39 is 6.10 Å². The fourth-order valence-electron chi connectivity index (χ4n) is 3.99. The predicted octanol–water partition coefficient (Wildman–Crippen LogP) is 4.91. The van der Waals surface area contributed by atoms with E-state index in [2.05, 4.69) is 11.1 Å². The van der Waals surface area contributed by atoms with Crippen LogP contribution in [0.3, 0.4) is 0 Å². The number of carbonyl (C=O) groups is 1. The van der Waals surface area contributed by atoms with Crippen LogP contribution >= 0.6 is 0 Å². The van der Waals surface area contributed by atoms with E-state index in [-0.39, 0.29) is 5.91 Å². The van der Waals surface area contributed by atoms with Gasteiger partial charge in [-0.2, -0.15) is 5.26 Å². The van der Waals surface area contributed by atoms with Gasteiger partial charge >= 0.3 is 0 Å². The zero-order valence-electron chi connectivity index (χ0n) is 17.1. The van der Waals surface area contributed by atoms with Gasteiger partial charge in [0.25, 0.3) is 5.91 Å². The number of hydrogen-bond donors (Lipinski definition) is 0.